The largest absolute Gasteiger partial charge is 0.331 e. The Balaban J connectivity index is 2.62. The van der Waals surface area contributed by atoms with E-state index in [1.807, 2.05) is 13.0 Å². The molecule has 0 saturated carbocycles. The highest BCUT2D eigenvalue weighted by Gasteiger charge is 2.02. The van der Waals surface area contributed by atoms with Gasteiger partial charge < -0.3 is 5.32 Å². The van der Waals surface area contributed by atoms with Gasteiger partial charge in [-0.15, -0.1) is 0 Å². The van der Waals surface area contributed by atoms with Crippen LogP contribution in [0.3, 0.4) is 0 Å². The van der Waals surface area contributed by atoms with E-state index in [-0.39, 0.29) is 5.91 Å². The zero-order chi connectivity index (χ0) is 12.1. The number of hydrazine groups is 1. The zero-order valence-electron chi connectivity index (χ0n) is 8.93. The number of anilines is 1. The highest BCUT2D eigenvalue weighted by atomic mass is 35.5. The number of nitrogens with one attached hydrogen (secondary N) is 3. The molecule has 0 aromatic heterocycles. The van der Waals surface area contributed by atoms with Crippen molar-refractivity contribution in [2.45, 2.75) is 13.8 Å². The van der Waals surface area contributed by atoms with Gasteiger partial charge in [0.15, 0.2) is 5.11 Å². The number of hydrogen-bond acceptors (Lipinski definition) is 2. The van der Waals surface area contributed by atoms with Gasteiger partial charge in [-0.05, 0) is 36.8 Å². The Bertz CT molecular complexity index is 423. The lowest BCUT2D eigenvalue weighted by Crippen LogP contribution is -2.42. The number of benzene rings is 1. The van der Waals surface area contributed by atoms with Gasteiger partial charge in [0.2, 0.25) is 5.91 Å². The van der Waals surface area contributed by atoms with Crippen molar-refractivity contribution in [2.75, 3.05) is 5.32 Å². The van der Waals surface area contributed by atoms with Gasteiger partial charge in [-0.2, -0.15) is 0 Å². The Labute approximate surface area is 104 Å². The monoisotopic (exact) mass is 257 g/mol. The summed E-state index contributed by atoms with van der Waals surface area (Å²) in [5.41, 5.74) is 6.74. The lowest BCUT2D eigenvalue weighted by atomic mass is 10.2. The molecule has 1 rings (SSSR count). The Morgan fingerprint density at radius 3 is 2.69 bits per heavy atom. The third kappa shape index (κ3) is 4.04. The first kappa shape index (κ1) is 12.7. The normalized spacial score (nSPS) is 9.44. The topological polar surface area (TPSA) is 53.2 Å². The highest BCUT2D eigenvalue weighted by Crippen LogP contribution is 2.19. The predicted octanol–water partition coefficient (Wildman–Crippen LogP) is 1.99. The smallest absolute Gasteiger partial charge is 0.235 e. The van der Waals surface area contributed by atoms with E-state index in [1.54, 1.807) is 12.1 Å². The fraction of sp³-hybridized carbons (Fsp3) is 0.200. The fourth-order valence-corrected chi connectivity index (χ4v) is 1.36. The summed E-state index contributed by atoms with van der Waals surface area (Å²) >= 11 is 10.8. The molecule has 0 fully saturated rings. The van der Waals surface area contributed by atoms with Crippen molar-refractivity contribution in [3.05, 3.63) is 28.8 Å². The van der Waals surface area contributed by atoms with Gasteiger partial charge in [0, 0.05) is 17.6 Å². The van der Waals surface area contributed by atoms with E-state index in [0.717, 1.165) is 11.3 Å². The Morgan fingerprint density at radius 1 is 1.38 bits per heavy atom. The standard InChI is InChI=1S/C10H12ClN3OS/c1-6-3-4-8(11)5-9(6)12-10(16)14-13-7(2)15/h3-5H,1-2H3,(H,13,15)(H2,12,14,16). The molecule has 86 valence electrons. The molecule has 0 heterocycles. The molecule has 0 saturated heterocycles. The van der Waals surface area contributed by atoms with Gasteiger partial charge in [0.05, 0.1) is 0 Å². The molecule has 3 N–H and O–H groups in total. The second kappa shape index (κ2) is 5.67. The van der Waals surface area contributed by atoms with Gasteiger partial charge in [0.25, 0.3) is 0 Å². The summed E-state index contributed by atoms with van der Waals surface area (Å²) in [6.45, 7) is 3.32. The second-order valence-corrected chi connectivity index (χ2v) is 4.06. The second-order valence-electron chi connectivity index (χ2n) is 3.22. The number of hydrogen-bond donors (Lipinski definition) is 3. The molecule has 1 aromatic carbocycles. The molecule has 0 aliphatic rings. The molecule has 16 heavy (non-hydrogen) atoms. The lowest BCUT2D eigenvalue weighted by Gasteiger charge is -2.12. The number of aryl methyl sites for hydroxylation is 1. The van der Waals surface area contributed by atoms with E-state index < -0.39 is 0 Å². The van der Waals surface area contributed by atoms with E-state index in [9.17, 15) is 4.79 Å². The van der Waals surface area contributed by atoms with E-state index in [1.165, 1.54) is 6.92 Å². The number of carbonyl (C=O) groups is 1. The molecule has 0 unspecified atom stereocenters. The molecule has 0 aliphatic carbocycles. The maximum atomic E-state index is 10.6. The summed E-state index contributed by atoms with van der Waals surface area (Å²) in [4.78, 5) is 10.6. The average Bonchev–Trinajstić information content (AvgIpc) is 2.20. The van der Waals surface area contributed by atoms with Crippen LogP contribution in [0.4, 0.5) is 5.69 Å². The minimum atomic E-state index is -0.216. The van der Waals surface area contributed by atoms with E-state index in [0.29, 0.717) is 10.1 Å². The Morgan fingerprint density at radius 2 is 2.06 bits per heavy atom. The third-order valence-electron chi connectivity index (χ3n) is 1.80. The molecule has 0 aliphatic heterocycles. The maximum Gasteiger partial charge on any atom is 0.235 e. The summed E-state index contributed by atoms with van der Waals surface area (Å²) in [5, 5.41) is 3.85. The van der Waals surface area contributed by atoms with Gasteiger partial charge in [-0.25, -0.2) is 0 Å². The first-order chi connectivity index (χ1) is 7.49. The molecule has 1 aromatic rings. The first-order valence-electron chi connectivity index (χ1n) is 4.59. The van der Waals surface area contributed by atoms with Gasteiger partial charge in [0.1, 0.15) is 0 Å². The van der Waals surface area contributed by atoms with Crippen LogP contribution in [0.5, 0.6) is 0 Å². The van der Waals surface area contributed by atoms with Crippen molar-refractivity contribution in [2.24, 2.45) is 0 Å². The van der Waals surface area contributed by atoms with Gasteiger partial charge in [-0.3, -0.25) is 15.6 Å². The highest BCUT2D eigenvalue weighted by molar-refractivity contribution is 7.80. The van der Waals surface area contributed by atoms with Crippen LogP contribution in [0.15, 0.2) is 18.2 Å². The van der Waals surface area contributed by atoms with Crippen molar-refractivity contribution in [3.8, 4) is 0 Å². The van der Waals surface area contributed by atoms with Crippen LogP contribution in [-0.4, -0.2) is 11.0 Å². The number of halogens is 1. The molecular weight excluding hydrogens is 246 g/mol. The van der Waals surface area contributed by atoms with E-state index in [2.05, 4.69) is 16.2 Å². The Hall–Kier alpha value is -1.33. The number of carbonyl (C=O) groups excluding carboxylic acids is 1. The summed E-state index contributed by atoms with van der Waals surface area (Å²) in [6.07, 6.45) is 0. The van der Waals surface area contributed by atoms with Crippen LogP contribution in [0.2, 0.25) is 5.02 Å². The van der Waals surface area contributed by atoms with Crippen molar-refractivity contribution >= 4 is 40.5 Å². The third-order valence-corrected chi connectivity index (χ3v) is 2.24. The number of amides is 1. The lowest BCUT2D eigenvalue weighted by molar-refractivity contribution is -0.119. The summed E-state index contributed by atoms with van der Waals surface area (Å²) in [7, 11) is 0. The van der Waals surface area contributed by atoms with Crippen molar-refractivity contribution in [3.63, 3.8) is 0 Å². The minimum Gasteiger partial charge on any atom is -0.331 e. The quantitative estimate of drug-likeness (QED) is 0.532. The molecule has 0 bridgehead atoms. The van der Waals surface area contributed by atoms with Crippen LogP contribution >= 0.6 is 23.8 Å². The van der Waals surface area contributed by atoms with Crippen molar-refractivity contribution < 1.29 is 4.79 Å². The summed E-state index contributed by atoms with van der Waals surface area (Å²) in [5.74, 6) is -0.216. The van der Waals surface area contributed by atoms with Crippen molar-refractivity contribution in [1.82, 2.24) is 10.9 Å². The van der Waals surface area contributed by atoms with Gasteiger partial charge >= 0.3 is 0 Å². The van der Waals surface area contributed by atoms with Crippen molar-refractivity contribution in [1.29, 1.82) is 0 Å². The van der Waals surface area contributed by atoms with Crippen LogP contribution in [0.25, 0.3) is 0 Å². The maximum absolute atomic E-state index is 10.6. The van der Waals surface area contributed by atoms with Crippen LogP contribution in [0, 0.1) is 6.92 Å². The summed E-state index contributed by atoms with van der Waals surface area (Å²) in [6, 6.07) is 5.44. The van der Waals surface area contributed by atoms with Crippen LogP contribution in [0.1, 0.15) is 12.5 Å². The van der Waals surface area contributed by atoms with E-state index >= 15 is 0 Å². The van der Waals surface area contributed by atoms with Crippen LogP contribution < -0.4 is 16.2 Å². The van der Waals surface area contributed by atoms with Crippen LogP contribution in [-0.2, 0) is 4.79 Å². The van der Waals surface area contributed by atoms with E-state index in [4.69, 9.17) is 23.8 Å². The number of rotatable bonds is 1. The minimum absolute atomic E-state index is 0.216. The molecule has 6 heteroatoms. The molecule has 0 atom stereocenters. The Kier molecular flexibility index (Phi) is 4.52. The zero-order valence-corrected chi connectivity index (χ0v) is 10.5. The first-order valence-corrected chi connectivity index (χ1v) is 5.37. The molecule has 4 nitrogen and oxygen atoms in total. The van der Waals surface area contributed by atoms with Gasteiger partial charge in [-0.1, -0.05) is 17.7 Å². The fourth-order valence-electron chi connectivity index (χ4n) is 1.03. The molecule has 1 amide bonds. The molecule has 0 radical (unpaired) electrons. The predicted molar refractivity (Wildman–Crippen MR) is 69.4 cm³/mol. The SMILES string of the molecule is CC(=O)NNC(=S)Nc1cc(Cl)ccc1C. The molecule has 0 spiro atoms. The molecular formula is C10H12ClN3OS. The summed E-state index contributed by atoms with van der Waals surface area (Å²) < 4.78 is 0. The average molecular weight is 258 g/mol. The number of thiocarbonyl (C=S) groups is 1.